The van der Waals surface area contributed by atoms with E-state index >= 15 is 0 Å². The summed E-state index contributed by atoms with van der Waals surface area (Å²) in [5.41, 5.74) is 1.57. The number of hydrogen-bond donors (Lipinski definition) is 1. The molecule has 0 bridgehead atoms. The van der Waals surface area contributed by atoms with Gasteiger partial charge in [-0.25, -0.2) is 0 Å². The maximum absolute atomic E-state index is 11.9. The van der Waals surface area contributed by atoms with Crippen LogP contribution in [0.4, 0.5) is 5.69 Å². The number of amides is 1. The molecule has 2 aromatic rings. The van der Waals surface area contributed by atoms with Crippen LogP contribution in [0.15, 0.2) is 53.0 Å². The first-order valence-electron chi connectivity index (χ1n) is 6.59. The lowest BCUT2D eigenvalue weighted by Gasteiger charge is -2.07. The number of halogens is 1. The monoisotopic (exact) mass is 361 g/mol. The number of rotatable bonds is 5. The highest BCUT2D eigenvalue weighted by Crippen LogP contribution is 2.28. The molecular weight excluding hydrogens is 346 g/mol. The number of methoxy groups -OCH3 is 2. The van der Waals surface area contributed by atoms with E-state index in [-0.39, 0.29) is 5.91 Å². The van der Waals surface area contributed by atoms with Crippen LogP contribution in [0, 0.1) is 0 Å². The van der Waals surface area contributed by atoms with Gasteiger partial charge < -0.3 is 14.8 Å². The third-order valence-electron chi connectivity index (χ3n) is 2.97. The Labute approximate surface area is 137 Å². The molecule has 2 aromatic carbocycles. The van der Waals surface area contributed by atoms with Crippen LogP contribution in [0.2, 0.25) is 0 Å². The Morgan fingerprint density at radius 3 is 2.50 bits per heavy atom. The van der Waals surface area contributed by atoms with Crippen LogP contribution in [0.5, 0.6) is 11.5 Å². The molecule has 2 rings (SSSR count). The fraction of sp³-hybridized carbons (Fsp3) is 0.118. The smallest absolute Gasteiger partial charge is 0.248 e. The highest BCUT2D eigenvalue weighted by molar-refractivity contribution is 9.10. The molecule has 0 aromatic heterocycles. The maximum Gasteiger partial charge on any atom is 0.248 e. The summed E-state index contributed by atoms with van der Waals surface area (Å²) in [6.07, 6.45) is 3.19. The normalized spacial score (nSPS) is 10.5. The number of benzene rings is 2. The van der Waals surface area contributed by atoms with Gasteiger partial charge in [0.25, 0.3) is 0 Å². The van der Waals surface area contributed by atoms with Crippen LogP contribution in [-0.4, -0.2) is 20.1 Å². The molecule has 1 N–H and O–H groups in total. The Kier molecular flexibility index (Phi) is 5.61. The molecule has 0 aliphatic rings. The summed E-state index contributed by atoms with van der Waals surface area (Å²) in [7, 11) is 3.16. The Bertz CT molecular complexity index is 698. The van der Waals surface area contributed by atoms with Crippen LogP contribution < -0.4 is 14.8 Å². The number of hydrogen-bond acceptors (Lipinski definition) is 3. The van der Waals surface area contributed by atoms with Crippen LogP contribution in [0.3, 0.4) is 0 Å². The van der Waals surface area contributed by atoms with E-state index in [1.54, 1.807) is 32.4 Å². The maximum atomic E-state index is 11.9. The van der Waals surface area contributed by atoms with Crippen molar-refractivity contribution in [2.45, 2.75) is 0 Å². The fourth-order valence-electron chi connectivity index (χ4n) is 1.87. The van der Waals surface area contributed by atoms with E-state index in [9.17, 15) is 4.79 Å². The zero-order valence-electron chi connectivity index (χ0n) is 12.3. The lowest BCUT2D eigenvalue weighted by atomic mass is 10.2. The fourth-order valence-corrected chi connectivity index (χ4v) is 2.25. The predicted octanol–water partition coefficient (Wildman–Crippen LogP) is 4.12. The van der Waals surface area contributed by atoms with E-state index in [4.69, 9.17) is 9.47 Å². The van der Waals surface area contributed by atoms with E-state index in [2.05, 4.69) is 21.2 Å². The van der Waals surface area contributed by atoms with Crippen molar-refractivity contribution in [3.63, 3.8) is 0 Å². The molecular formula is C17H16BrNO3. The molecule has 0 saturated heterocycles. The van der Waals surface area contributed by atoms with Gasteiger partial charge in [0.05, 0.1) is 19.9 Å². The van der Waals surface area contributed by atoms with Gasteiger partial charge in [-0.3, -0.25) is 4.79 Å². The quantitative estimate of drug-likeness (QED) is 0.814. The largest absolute Gasteiger partial charge is 0.493 e. The Morgan fingerprint density at radius 2 is 1.82 bits per heavy atom. The van der Waals surface area contributed by atoms with Gasteiger partial charge in [0.2, 0.25) is 5.91 Å². The number of para-hydroxylation sites is 1. The summed E-state index contributed by atoms with van der Waals surface area (Å²) in [5.74, 6) is 1.06. The number of nitrogens with one attached hydrogen (secondary N) is 1. The molecule has 5 heteroatoms. The molecule has 0 heterocycles. The van der Waals surface area contributed by atoms with Crippen molar-refractivity contribution in [3.05, 3.63) is 58.6 Å². The Hall–Kier alpha value is -2.27. The van der Waals surface area contributed by atoms with Crippen LogP contribution in [0.1, 0.15) is 5.56 Å². The van der Waals surface area contributed by atoms with E-state index in [1.807, 2.05) is 30.3 Å². The zero-order chi connectivity index (χ0) is 15.9. The van der Waals surface area contributed by atoms with Crippen molar-refractivity contribution in [2.75, 3.05) is 19.5 Å². The number of anilines is 1. The Morgan fingerprint density at radius 1 is 1.09 bits per heavy atom. The van der Waals surface area contributed by atoms with Gasteiger partial charge in [-0.05, 0) is 51.8 Å². The average molecular weight is 362 g/mol. The third-order valence-corrected chi connectivity index (χ3v) is 3.66. The second kappa shape index (κ2) is 7.66. The van der Waals surface area contributed by atoms with Crippen LogP contribution in [0.25, 0.3) is 6.08 Å². The van der Waals surface area contributed by atoms with E-state index in [0.29, 0.717) is 11.5 Å². The first-order chi connectivity index (χ1) is 10.6. The minimum Gasteiger partial charge on any atom is -0.493 e. The molecule has 0 aliphatic carbocycles. The molecule has 0 unspecified atom stereocenters. The second-order valence-electron chi connectivity index (χ2n) is 4.42. The first-order valence-corrected chi connectivity index (χ1v) is 7.39. The summed E-state index contributed by atoms with van der Waals surface area (Å²) in [6.45, 7) is 0. The Balaban J connectivity index is 2.08. The van der Waals surface area contributed by atoms with Crippen LogP contribution in [-0.2, 0) is 4.79 Å². The molecule has 1 amide bonds. The minimum absolute atomic E-state index is 0.207. The molecule has 114 valence electrons. The SMILES string of the molecule is COc1ccc(C=CC(=O)Nc2ccccc2Br)cc1OC. The molecule has 0 atom stereocenters. The van der Waals surface area contributed by atoms with E-state index in [0.717, 1.165) is 15.7 Å². The van der Waals surface area contributed by atoms with Crippen molar-refractivity contribution < 1.29 is 14.3 Å². The molecule has 0 aliphatic heterocycles. The summed E-state index contributed by atoms with van der Waals surface area (Å²) in [4.78, 5) is 11.9. The van der Waals surface area contributed by atoms with E-state index in [1.165, 1.54) is 6.08 Å². The van der Waals surface area contributed by atoms with Crippen molar-refractivity contribution >= 4 is 33.6 Å². The molecule has 0 fully saturated rings. The molecule has 0 saturated carbocycles. The second-order valence-corrected chi connectivity index (χ2v) is 5.27. The molecule has 0 spiro atoms. The predicted molar refractivity (Wildman–Crippen MR) is 91.4 cm³/mol. The van der Waals surface area contributed by atoms with Crippen molar-refractivity contribution in [1.82, 2.24) is 0 Å². The van der Waals surface area contributed by atoms with Gasteiger partial charge >= 0.3 is 0 Å². The van der Waals surface area contributed by atoms with Crippen molar-refractivity contribution in [2.24, 2.45) is 0 Å². The lowest BCUT2D eigenvalue weighted by molar-refractivity contribution is -0.111. The van der Waals surface area contributed by atoms with Gasteiger partial charge in [0.15, 0.2) is 11.5 Å². The summed E-state index contributed by atoms with van der Waals surface area (Å²) in [5, 5.41) is 2.80. The summed E-state index contributed by atoms with van der Waals surface area (Å²) in [6, 6.07) is 12.9. The number of carbonyl (C=O) groups is 1. The van der Waals surface area contributed by atoms with Gasteiger partial charge in [-0.2, -0.15) is 0 Å². The number of carbonyl (C=O) groups excluding carboxylic acids is 1. The molecule has 4 nitrogen and oxygen atoms in total. The highest BCUT2D eigenvalue weighted by Gasteiger charge is 2.04. The zero-order valence-corrected chi connectivity index (χ0v) is 13.9. The minimum atomic E-state index is -0.207. The van der Waals surface area contributed by atoms with Crippen molar-refractivity contribution in [1.29, 1.82) is 0 Å². The average Bonchev–Trinajstić information content (AvgIpc) is 2.54. The van der Waals surface area contributed by atoms with Gasteiger partial charge in [0.1, 0.15) is 0 Å². The standard InChI is InChI=1S/C17H16BrNO3/c1-21-15-9-7-12(11-16(15)22-2)8-10-17(20)19-14-6-4-3-5-13(14)18/h3-11H,1-2H3,(H,19,20). The van der Waals surface area contributed by atoms with E-state index < -0.39 is 0 Å². The van der Waals surface area contributed by atoms with Crippen LogP contribution >= 0.6 is 15.9 Å². The highest BCUT2D eigenvalue weighted by atomic mass is 79.9. The molecule has 22 heavy (non-hydrogen) atoms. The van der Waals surface area contributed by atoms with Crippen molar-refractivity contribution in [3.8, 4) is 11.5 Å². The number of ether oxygens (including phenoxy) is 2. The topological polar surface area (TPSA) is 47.6 Å². The third kappa shape index (κ3) is 4.11. The van der Waals surface area contributed by atoms with Gasteiger partial charge in [-0.1, -0.05) is 18.2 Å². The van der Waals surface area contributed by atoms with Gasteiger partial charge in [-0.15, -0.1) is 0 Å². The summed E-state index contributed by atoms with van der Waals surface area (Å²) >= 11 is 3.39. The first kappa shape index (κ1) is 16.1. The van der Waals surface area contributed by atoms with Gasteiger partial charge in [0, 0.05) is 10.5 Å². The lowest BCUT2D eigenvalue weighted by Crippen LogP contribution is -2.08. The summed E-state index contributed by atoms with van der Waals surface area (Å²) < 4.78 is 11.2. The molecule has 0 radical (unpaired) electrons.